The lowest BCUT2D eigenvalue weighted by atomic mass is 10.2. The summed E-state index contributed by atoms with van der Waals surface area (Å²) in [7, 11) is -3.85. The van der Waals surface area contributed by atoms with E-state index < -0.39 is 21.7 Å². The van der Waals surface area contributed by atoms with Gasteiger partial charge in [-0.1, -0.05) is 6.07 Å². The van der Waals surface area contributed by atoms with Crippen LogP contribution in [0.25, 0.3) is 0 Å². The monoisotopic (exact) mass is 377 g/mol. The van der Waals surface area contributed by atoms with Crippen molar-refractivity contribution in [3.05, 3.63) is 48.0 Å². The van der Waals surface area contributed by atoms with Crippen molar-refractivity contribution < 1.29 is 17.9 Å². The molecule has 0 aromatic heterocycles. The van der Waals surface area contributed by atoms with Crippen molar-refractivity contribution >= 4 is 33.0 Å². The first-order valence-corrected chi connectivity index (χ1v) is 9.73. The molecule has 140 valence electrons. The van der Waals surface area contributed by atoms with Gasteiger partial charge in [0, 0.05) is 17.1 Å². The molecule has 8 heteroatoms. The largest absolute Gasteiger partial charge is 0.491 e. The summed E-state index contributed by atoms with van der Waals surface area (Å²) in [5.74, 6) is -0.713. The van der Waals surface area contributed by atoms with E-state index in [0.717, 1.165) is 5.56 Å². The van der Waals surface area contributed by atoms with Gasteiger partial charge in [0.25, 0.3) is 0 Å². The lowest BCUT2D eigenvalue weighted by Crippen LogP contribution is -2.27. The summed E-state index contributed by atoms with van der Waals surface area (Å²) in [6, 6.07) is 11.5. The van der Waals surface area contributed by atoms with Crippen molar-refractivity contribution in [1.29, 1.82) is 0 Å². The van der Waals surface area contributed by atoms with Gasteiger partial charge in [0.05, 0.1) is 6.10 Å². The van der Waals surface area contributed by atoms with Crippen LogP contribution < -0.4 is 20.5 Å². The molecule has 0 unspecified atom stereocenters. The number of nitrogens with two attached hydrogens (primary N) is 1. The van der Waals surface area contributed by atoms with Gasteiger partial charge in [-0.25, -0.2) is 8.42 Å². The van der Waals surface area contributed by atoms with Crippen LogP contribution in [0.4, 0.5) is 17.1 Å². The number of carbonyl (C=O) groups excluding carboxylic acids is 1. The van der Waals surface area contributed by atoms with Crippen LogP contribution in [-0.4, -0.2) is 26.2 Å². The van der Waals surface area contributed by atoms with Gasteiger partial charge in [-0.3, -0.25) is 9.52 Å². The number of hydrogen-bond donors (Lipinski definition) is 3. The van der Waals surface area contributed by atoms with Crippen LogP contribution in [0.3, 0.4) is 0 Å². The zero-order valence-corrected chi connectivity index (χ0v) is 15.8. The molecule has 1 amide bonds. The minimum atomic E-state index is -3.85. The maximum Gasteiger partial charge on any atom is 0.241 e. The Bertz CT molecular complexity index is 878. The van der Waals surface area contributed by atoms with Crippen LogP contribution in [0, 0.1) is 6.92 Å². The first-order chi connectivity index (χ1) is 12.1. The Labute approximate surface area is 153 Å². The predicted molar refractivity (Wildman–Crippen MR) is 104 cm³/mol. The Morgan fingerprint density at radius 1 is 1.15 bits per heavy atom. The fourth-order valence-corrected chi connectivity index (χ4v) is 3.21. The van der Waals surface area contributed by atoms with Gasteiger partial charge in [-0.2, -0.15) is 0 Å². The van der Waals surface area contributed by atoms with E-state index in [4.69, 9.17) is 10.5 Å². The molecule has 0 fully saturated rings. The second-order valence-electron chi connectivity index (χ2n) is 6.17. The zero-order chi connectivity index (χ0) is 19.3. The van der Waals surface area contributed by atoms with Gasteiger partial charge >= 0.3 is 0 Å². The van der Waals surface area contributed by atoms with E-state index in [1.807, 2.05) is 13.8 Å². The number of sulfonamides is 1. The van der Waals surface area contributed by atoms with Crippen LogP contribution >= 0.6 is 0 Å². The van der Waals surface area contributed by atoms with E-state index in [2.05, 4.69) is 10.0 Å². The Morgan fingerprint density at radius 2 is 1.81 bits per heavy atom. The third-order valence-electron chi connectivity index (χ3n) is 3.36. The van der Waals surface area contributed by atoms with Crippen molar-refractivity contribution in [2.45, 2.75) is 26.9 Å². The van der Waals surface area contributed by atoms with E-state index in [1.54, 1.807) is 49.4 Å². The highest BCUT2D eigenvalue weighted by molar-refractivity contribution is 7.93. The highest BCUT2D eigenvalue weighted by Gasteiger charge is 2.17. The summed E-state index contributed by atoms with van der Waals surface area (Å²) in [4.78, 5) is 12.1. The zero-order valence-electron chi connectivity index (χ0n) is 14.9. The standard InChI is InChI=1S/C18H23N3O4S/c1-12(2)25-16-8-6-15(7-9-16)21-26(23,24)11-18(22)20-17-10-14(19)5-4-13(17)3/h4-10,12,21H,11,19H2,1-3H3,(H,20,22). The average Bonchev–Trinajstić information content (AvgIpc) is 2.51. The summed E-state index contributed by atoms with van der Waals surface area (Å²) in [5, 5.41) is 2.57. The number of amides is 1. The molecule has 26 heavy (non-hydrogen) atoms. The molecule has 7 nitrogen and oxygen atoms in total. The molecule has 0 bridgehead atoms. The summed E-state index contributed by atoms with van der Waals surface area (Å²) < 4.78 is 32.2. The fraction of sp³-hybridized carbons (Fsp3) is 0.278. The number of ether oxygens (including phenoxy) is 1. The number of carbonyl (C=O) groups is 1. The normalized spacial score (nSPS) is 11.2. The molecular formula is C18H23N3O4S. The summed E-state index contributed by atoms with van der Waals surface area (Å²) in [6.45, 7) is 5.59. The van der Waals surface area contributed by atoms with Gasteiger partial charge in [0.15, 0.2) is 0 Å². The van der Waals surface area contributed by atoms with E-state index in [-0.39, 0.29) is 6.10 Å². The number of nitrogen functional groups attached to an aromatic ring is 1. The van der Waals surface area contributed by atoms with E-state index in [0.29, 0.717) is 22.8 Å². The molecule has 0 aliphatic heterocycles. The molecule has 0 saturated heterocycles. The van der Waals surface area contributed by atoms with Gasteiger partial charge < -0.3 is 15.8 Å². The Balaban J connectivity index is 1.99. The van der Waals surface area contributed by atoms with Crippen LogP contribution in [0.2, 0.25) is 0 Å². The van der Waals surface area contributed by atoms with Crippen molar-refractivity contribution in [2.24, 2.45) is 0 Å². The van der Waals surface area contributed by atoms with Crippen LogP contribution in [0.15, 0.2) is 42.5 Å². The molecular weight excluding hydrogens is 354 g/mol. The molecule has 2 rings (SSSR count). The summed E-state index contributed by atoms with van der Waals surface area (Å²) in [6.07, 6.45) is 0.0247. The maximum absolute atomic E-state index is 12.2. The van der Waals surface area contributed by atoms with Crippen molar-refractivity contribution in [1.82, 2.24) is 0 Å². The number of nitrogens with one attached hydrogen (secondary N) is 2. The molecule has 2 aromatic rings. The quantitative estimate of drug-likeness (QED) is 0.643. The van der Waals surface area contributed by atoms with Gasteiger partial charge in [0.1, 0.15) is 11.5 Å². The van der Waals surface area contributed by atoms with E-state index in [9.17, 15) is 13.2 Å². The minimum Gasteiger partial charge on any atom is -0.491 e. The summed E-state index contributed by atoms with van der Waals surface area (Å²) >= 11 is 0. The van der Waals surface area contributed by atoms with Crippen LogP contribution in [-0.2, 0) is 14.8 Å². The van der Waals surface area contributed by atoms with E-state index >= 15 is 0 Å². The third-order valence-corrected chi connectivity index (χ3v) is 4.55. The Hall–Kier alpha value is -2.74. The number of anilines is 3. The van der Waals surface area contributed by atoms with Crippen molar-refractivity contribution in [3.8, 4) is 5.75 Å². The molecule has 0 spiro atoms. The molecule has 0 heterocycles. The fourth-order valence-electron chi connectivity index (χ4n) is 2.22. The topological polar surface area (TPSA) is 111 Å². The highest BCUT2D eigenvalue weighted by Crippen LogP contribution is 2.19. The Kier molecular flexibility index (Phi) is 6.10. The van der Waals surface area contributed by atoms with Crippen molar-refractivity contribution in [3.63, 3.8) is 0 Å². The number of benzene rings is 2. The third kappa shape index (κ3) is 5.96. The van der Waals surface area contributed by atoms with E-state index in [1.165, 1.54) is 0 Å². The molecule has 0 saturated carbocycles. The molecule has 0 radical (unpaired) electrons. The molecule has 0 aliphatic carbocycles. The summed E-state index contributed by atoms with van der Waals surface area (Å²) in [5.41, 5.74) is 7.80. The predicted octanol–water partition coefficient (Wildman–Crippen LogP) is 2.74. The van der Waals surface area contributed by atoms with Gasteiger partial charge in [-0.15, -0.1) is 0 Å². The number of aryl methyl sites for hydroxylation is 1. The molecule has 0 aliphatic rings. The molecule has 4 N–H and O–H groups in total. The maximum atomic E-state index is 12.2. The second kappa shape index (κ2) is 8.09. The van der Waals surface area contributed by atoms with Crippen molar-refractivity contribution in [2.75, 3.05) is 21.5 Å². The molecule has 2 aromatic carbocycles. The Morgan fingerprint density at radius 3 is 2.42 bits per heavy atom. The first-order valence-electron chi connectivity index (χ1n) is 8.08. The number of rotatable bonds is 7. The second-order valence-corrected chi connectivity index (χ2v) is 7.90. The lowest BCUT2D eigenvalue weighted by molar-refractivity contribution is -0.113. The van der Waals surface area contributed by atoms with Gasteiger partial charge in [-0.05, 0) is 62.7 Å². The highest BCUT2D eigenvalue weighted by atomic mass is 32.2. The smallest absolute Gasteiger partial charge is 0.241 e. The molecule has 0 atom stereocenters. The van der Waals surface area contributed by atoms with Gasteiger partial charge in [0.2, 0.25) is 15.9 Å². The lowest BCUT2D eigenvalue weighted by Gasteiger charge is -2.12. The number of hydrogen-bond acceptors (Lipinski definition) is 5. The average molecular weight is 377 g/mol. The minimum absolute atomic E-state index is 0.0247. The van der Waals surface area contributed by atoms with Crippen LogP contribution in [0.1, 0.15) is 19.4 Å². The van der Waals surface area contributed by atoms with Crippen LogP contribution in [0.5, 0.6) is 5.75 Å². The SMILES string of the molecule is Cc1ccc(N)cc1NC(=O)CS(=O)(=O)Nc1ccc(OC(C)C)cc1. The first kappa shape index (κ1) is 19.6.